The highest BCUT2D eigenvalue weighted by Crippen LogP contribution is 2.39. The van der Waals surface area contributed by atoms with Crippen LogP contribution in [0.25, 0.3) is 5.76 Å². The second-order valence-electron chi connectivity index (χ2n) is 8.43. The van der Waals surface area contributed by atoms with Gasteiger partial charge < -0.3 is 19.5 Å². The van der Waals surface area contributed by atoms with E-state index >= 15 is 0 Å². The van der Waals surface area contributed by atoms with E-state index in [4.69, 9.17) is 9.47 Å². The van der Waals surface area contributed by atoms with Crippen molar-refractivity contribution in [2.24, 2.45) is 0 Å². The quantitative estimate of drug-likeness (QED) is 0.247. The standard InChI is InChI=1S/C25H27FN2O7S/c1-34-14-2-11-28-22(17-3-7-19(26)8-4-17)21(24(30)25(28)31)23(29)18-5-9-20(10-6-18)36(32,33)27-12-15-35-16-13-27/h3-10,22,29H,2,11-16H2,1H3/t22-/m1/s1. The van der Waals surface area contributed by atoms with E-state index < -0.39 is 39.3 Å². The molecule has 2 aliphatic heterocycles. The molecule has 2 aromatic rings. The van der Waals surface area contributed by atoms with Crippen molar-refractivity contribution in [2.45, 2.75) is 17.4 Å². The molecular formula is C25H27FN2O7S. The Hall–Kier alpha value is -3.12. The first-order valence-corrected chi connectivity index (χ1v) is 12.9. The number of likely N-dealkylation sites (tertiary alicyclic amines) is 1. The third-order valence-electron chi connectivity index (χ3n) is 6.21. The lowest BCUT2D eigenvalue weighted by molar-refractivity contribution is -0.140. The van der Waals surface area contributed by atoms with E-state index in [1.54, 1.807) is 0 Å². The number of carbonyl (C=O) groups is 2. The summed E-state index contributed by atoms with van der Waals surface area (Å²) in [5.41, 5.74) is 0.492. The van der Waals surface area contributed by atoms with Crippen LogP contribution in [0.1, 0.15) is 23.6 Å². The number of nitrogens with zero attached hydrogens (tertiary/aromatic N) is 2. The Morgan fingerprint density at radius 2 is 1.72 bits per heavy atom. The molecular weight excluding hydrogens is 491 g/mol. The van der Waals surface area contributed by atoms with Crippen LogP contribution in [0.4, 0.5) is 4.39 Å². The van der Waals surface area contributed by atoms with Gasteiger partial charge in [0, 0.05) is 38.9 Å². The maximum absolute atomic E-state index is 13.6. The molecule has 0 unspecified atom stereocenters. The molecule has 192 valence electrons. The van der Waals surface area contributed by atoms with Gasteiger partial charge in [0.25, 0.3) is 11.7 Å². The van der Waals surface area contributed by atoms with Crippen LogP contribution in [0.15, 0.2) is 59.0 Å². The third kappa shape index (κ3) is 5.05. The van der Waals surface area contributed by atoms with Crippen molar-refractivity contribution in [1.82, 2.24) is 9.21 Å². The second-order valence-corrected chi connectivity index (χ2v) is 10.4. The van der Waals surface area contributed by atoms with Gasteiger partial charge in [0.15, 0.2) is 0 Å². The third-order valence-corrected chi connectivity index (χ3v) is 8.12. The number of rotatable bonds is 8. The summed E-state index contributed by atoms with van der Waals surface area (Å²) in [7, 11) is -2.22. The van der Waals surface area contributed by atoms with E-state index in [9.17, 15) is 27.5 Å². The molecule has 1 amide bonds. The van der Waals surface area contributed by atoms with E-state index in [-0.39, 0.29) is 35.7 Å². The van der Waals surface area contributed by atoms with Crippen LogP contribution < -0.4 is 0 Å². The molecule has 0 spiro atoms. The van der Waals surface area contributed by atoms with E-state index in [0.29, 0.717) is 31.8 Å². The van der Waals surface area contributed by atoms with E-state index in [2.05, 4.69) is 0 Å². The first-order chi connectivity index (χ1) is 17.3. The van der Waals surface area contributed by atoms with Gasteiger partial charge in [-0.1, -0.05) is 12.1 Å². The van der Waals surface area contributed by atoms with Crippen molar-refractivity contribution in [3.8, 4) is 0 Å². The van der Waals surface area contributed by atoms with Gasteiger partial charge >= 0.3 is 0 Å². The number of methoxy groups -OCH3 is 1. The normalized spacial score (nSPS) is 20.7. The SMILES string of the molecule is COCCCN1C(=O)C(=O)C(=C(O)c2ccc(S(=O)(=O)N3CCOCC3)cc2)[C@H]1c1ccc(F)cc1. The molecule has 2 fully saturated rings. The smallest absolute Gasteiger partial charge is 0.295 e. The molecule has 2 aliphatic rings. The number of morpholine rings is 1. The van der Waals surface area contributed by atoms with Crippen molar-refractivity contribution in [1.29, 1.82) is 0 Å². The van der Waals surface area contributed by atoms with Gasteiger partial charge in [0.05, 0.1) is 29.7 Å². The van der Waals surface area contributed by atoms with Crippen molar-refractivity contribution in [3.05, 3.63) is 71.0 Å². The fourth-order valence-electron chi connectivity index (χ4n) is 4.36. The lowest BCUT2D eigenvalue weighted by Gasteiger charge is -2.26. The van der Waals surface area contributed by atoms with Crippen molar-refractivity contribution in [2.75, 3.05) is 46.6 Å². The molecule has 2 aromatic carbocycles. The average Bonchev–Trinajstić information content (AvgIpc) is 3.14. The topological polar surface area (TPSA) is 113 Å². The van der Waals surface area contributed by atoms with Crippen molar-refractivity contribution in [3.63, 3.8) is 0 Å². The van der Waals surface area contributed by atoms with Gasteiger partial charge in [-0.3, -0.25) is 9.59 Å². The van der Waals surface area contributed by atoms with Crippen molar-refractivity contribution < 1.29 is 37.0 Å². The number of benzene rings is 2. The minimum atomic E-state index is -3.74. The van der Waals surface area contributed by atoms with Crippen LogP contribution in [0.3, 0.4) is 0 Å². The summed E-state index contributed by atoms with van der Waals surface area (Å²) >= 11 is 0. The molecule has 0 radical (unpaired) electrons. The van der Waals surface area contributed by atoms with Gasteiger partial charge in [0.2, 0.25) is 10.0 Å². The summed E-state index contributed by atoms with van der Waals surface area (Å²) in [6.45, 7) is 1.66. The number of ether oxygens (including phenoxy) is 2. The van der Waals surface area contributed by atoms with Crippen molar-refractivity contribution >= 4 is 27.5 Å². The van der Waals surface area contributed by atoms with Crippen LogP contribution in [0.2, 0.25) is 0 Å². The number of aliphatic hydroxyl groups excluding tert-OH is 1. The second kappa shape index (κ2) is 10.9. The number of sulfonamides is 1. The fourth-order valence-corrected chi connectivity index (χ4v) is 5.77. The zero-order valence-electron chi connectivity index (χ0n) is 19.7. The Kier molecular flexibility index (Phi) is 7.84. The first-order valence-electron chi connectivity index (χ1n) is 11.5. The Morgan fingerprint density at radius 1 is 1.08 bits per heavy atom. The molecule has 36 heavy (non-hydrogen) atoms. The molecule has 0 aliphatic carbocycles. The molecule has 1 atom stereocenters. The predicted molar refractivity (Wildman–Crippen MR) is 128 cm³/mol. The number of Topliss-reactive ketones (excluding diaryl/α,β-unsaturated/α-hetero) is 1. The molecule has 0 aromatic heterocycles. The maximum atomic E-state index is 13.6. The molecule has 2 saturated heterocycles. The van der Waals surface area contributed by atoms with Crippen LogP contribution >= 0.6 is 0 Å². The summed E-state index contributed by atoms with van der Waals surface area (Å²) in [6, 6.07) is 9.90. The molecule has 9 nitrogen and oxygen atoms in total. The Labute approximate surface area is 208 Å². The predicted octanol–water partition coefficient (Wildman–Crippen LogP) is 2.30. The average molecular weight is 519 g/mol. The zero-order valence-corrected chi connectivity index (χ0v) is 20.5. The summed E-state index contributed by atoms with van der Waals surface area (Å²) in [5.74, 6) is -2.57. The minimum absolute atomic E-state index is 0.0380. The largest absolute Gasteiger partial charge is 0.507 e. The van der Waals surface area contributed by atoms with Crippen LogP contribution in [0.5, 0.6) is 0 Å². The summed E-state index contributed by atoms with van der Waals surface area (Å²) in [6.07, 6.45) is 0.454. The number of halogens is 1. The monoisotopic (exact) mass is 518 g/mol. The lowest BCUT2D eigenvalue weighted by atomic mass is 9.95. The van der Waals surface area contributed by atoms with Gasteiger partial charge in [-0.05, 0) is 48.4 Å². The number of carbonyl (C=O) groups excluding carboxylic acids is 2. The Bertz CT molecular complexity index is 1250. The van der Waals surface area contributed by atoms with E-state index in [1.807, 2.05) is 0 Å². The van der Waals surface area contributed by atoms with Crippen LogP contribution in [-0.4, -0.2) is 81.0 Å². The molecule has 0 bridgehead atoms. The lowest BCUT2D eigenvalue weighted by Crippen LogP contribution is -2.40. The number of hydrogen-bond acceptors (Lipinski definition) is 7. The van der Waals surface area contributed by atoms with Gasteiger partial charge in [-0.25, -0.2) is 12.8 Å². The number of hydrogen-bond donors (Lipinski definition) is 1. The van der Waals surface area contributed by atoms with Gasteiger partial charge in [0.1, 0.15) is 11.6 Å². The van der Waals surface area contributed by atoms with Gasteiger partial charge in [-0.15, -0.1) is 0 Å². The summed E-state index contributed by atoms with van der Waals surface area (Å²) in [5, 5.41) is 11.1. The Morgan fingerprint density at radius 3 is 2.33 bits per heavy atom. The highest BCUT2D eigenvalue weighted by atomic mass is 32.2. The maximum Gasteiger partial charge on any atom is 0.295 e. The Balaban J connectivity index is 1.71. The van der Waals surface area contributed by atoms with Crippen LogP contribution in [-0.2, 0) is 29.1 Å². The molecule has 1 N–H and O–H groups in total. The minimum Gasteiger partial charge on any atom is -0.507 e. The summed E-state index contributed by atoms with van der Waals surface area (Å²) in [4.78, 5) is 27.3. The highest BCUT2D eigenvalue weighted by Gasteiger charge is 2.45. The zero-order chi connectivity index (χ0) is 25.9. The first kappa shape index (κ1) is 26.0. The molecule has 11 heteroatoms. The highest BCUT2D eigenvalue weighted by molar-refractivity contribution is 7.89. The van der Waals surface area contributed by atoms with Gasteiger partial charge in [-0.2, -0.15) is 4.31 Å². The number of ketones is 1. The van der Waals surface area contributed by atoms with E-state index in [0.717, 1.165) is 0 Å². The van der Waals surface area contributed by atoms with E-state index in [1.165, 1.54) is 64.8 Å². The number of amides is 1. The number of aliphatic hydroxyl groups is 1. The summed E-state index contributed by atoms with van der Waals surface area (Å²) < 4.78 is 51.0. The molecule has 2 heterocycles. The van der Waals surface area contributed by atoms with Crippen LogP contribution in [0, 0.1) is 5.82 Å². The molecule has 0 saturated carbocycles. The fraction of sp³-hybridized carbons (Fsp3) is 0.360. The molecule has 4 rings (SSSR count).